The second-order valence-electron chi connectivity index (χ2n) is 5.22. The molecule has 0 spiro atoms. The molecule has 1 heterocycles. The van der Waals surface area contributed by atoms with Crippen LogP contribution in [0.25, 0.3) is 5.69 Å². The minimum atomic E-state index is 0.0687. The minimum Gasteiger partial charge on any atom is -0.308 e. The van der Waals surface area contributed by atoms with E-state index < -0.39 is 0 Å². The van der Waals surface area contributed by atoms with E-state index in [1.165, 1.54) is 6.33 Å². The number of hydrogen-bond donors (Lipinski definition) is 1. The maximum absolute atomic E-state index is 6.04. The van der Waals surface area contributed by atoms with Crippen molar-refractivity contribution in [2.75, 3.05) is 0 Å². The predicted octanol–water partition coefficient (Wildman–Crippen LogP) is 2.81. The van der Waals surface area contributed by atoms with Crippen molar-refractivity contribution in [1.82, 2.24) is 20.1 Å². The van der Waals surface area contributed by atoms with Crippen LogP contribution in [0.2, 0.25) is 5.02 Å². The monoisotopic (exact) mass is 264 g/mol. The SMILES string of the molecule is CC(C)(C)NCc1ccc(Cl)cc1-n1cncn1. The molecule has 0 radical (unpaired) electrons. The Morgan fingerprint density at radius 1 is 1.33 bits per heavy atom. The van der Waals surface area contributed by atoms with Gasteiger partial charge in [-0.25, -0.2) is 9.67 Å². The lowest BCUT2D eigenvalue weighted by Crippen LogP contribution is -2.35. The average molecular weight is 265 g/mol. The topological polar surface area (TPSA) is 42.7 Å². The third-order valence-electron chi connectivity index (χ3n) is 2.52. The first-order valence-electron chi connectivity index (χ1n) is 5.84. The highest BCUT2D eigenvalue weighted by Gasteiger charge is 2.11. The first kappa shape index (κ1) is 13.1. The van der Waals surface area contributed by atoms with Gasteiger partial charge in [0.2, 0.25) is 0 Å². The molecule has 0 unspecified atom stereocenters. The van der Waals surface area contributed by atoms with Crippen molar-refractivity contribution in [3.8, 4) is 5.69 Å². The summed E-state index contributed by atoms with van der Waals surface area (Å²) in [6.07, 6.45) is 3.19. The maximum Gasteiger partial charge on any atom is 0.138 e. The number of rotatable bonds is 3. The molecular weight excluding hydrogens is 248 g/mol. The molecule has 4 nitrogen and oxygen atoms in total. The van der Waals surface area contributed by atoms with E-state index in [2.05, 4.69) is 36.2 Å². The lowest BCUT2D eigenvalue weighted by molar-refractivity contribution is 0.424. The molecule has 1 aromatic heterocycles. The third kappa shape index (κ3) is 3.31. The highest BCUT2D eigenvalue weighted by atomic mass is 35.5. The normalized spacial score (nSPS) is 11.8. The molecule has 0 aliphatic rings. The van der Waals surface area contributed by atoms with Gasteiger partial charge in [-0.2, -0.15) is 5.10 Å². The molecule has 0 bridgehead atoms. The molecule has 1 aromatic carbocycles. The van der Waals surface area contributed by atoms with Crippen molar-refractivity contribution in [1.29, 1.82) is 0 Å². The van der Waals surface area contributed by atoms with Crippen LogP contribution in [0.5, 0.6) is 0 Å². The van der Waals surface area contributed by atoms with Crippen LogP contribution in [-0.2, 0) is 6.54 Å². The molecular formula is C13H17ClN4. The number of nitrogens with zero attached hydrogens (tertiary/aromatic N) is 3. The first-order valence-corrected chi connectivity index (χ1v) is 6.22. The number of benzene rings is 1. The van der Waals surface area contributed by atoms with Gasteiger partial charge in [-0.1, -0.05) is 17.7 Å². The molecule has 18 heavy (non-hydrogen) atoms. The summed E-state index contributed by atoms with van der Waals surface area (Å²) in [6.45, 7) is 7.17. The zero-order valence-electron chi connectivity index (χ0n) is 10.8. The molecule has 5 heteroatoms. The molecule has 0 aliphatic heterocycles. The van der Waals surface area contributed by atoms with Crippen LogP contribution in [-0.4, -0.2) is 20.3 Å². The summed E-state index contributed by atoms with van der Waals surface area (Å²) < 4.78 is 1.73. The Bertz CT molecular complexity index is 514. The quantitative estimate of drug-likeness (QED) is 0.927. The van der Waals surface area contributed by atoms with Gasteiger partial charge in [0.05, 0.1) is 5.69 Å². The highest BCUT2D eigenvalue weighted by Crippen LogP contribution is 2.19. The van der Waals surface area contributed by atoms with E-state index in [0.717, 1.165) is 17.8 Å². The summed E-state index contributed by atoms with van der Waals surface area (Å²) in [4.78, 5) is 3.97. The Hall–Kier alpha value is -1.39. The third-order valence-corrected chi connectivity index (χ3v) is 2.76. The number of halogens is 1. The van der Waals surface area contributed by atoms with E-state index in [0.29, 0.717) is 5.02 Å². The van der Waals surface area contributed by atoms with Crippen LogP contribution >= 0.6 is 11.6 Å². The van der Waals surface area contributed by atoms with Gasteiger partial charge in [-0.05, 0) is 38.5 Å². The molecule has 0 aliphatic carbocycles. The van der Waals surface area contributed by atoms with Crippen LogP contribution < -0.4 is 5.32 Å². The van der Waals surface area contributed by atoms with E-state index in [-0.39, 0.29) is 5.54 Å². The van der Waals surface area contributed by atoms with Gasteiger partial charge in [0.15, 0.2) is 0 Å². The molecule has 0 fully saturated rings. The Kier molecular flexibility index (Phi) is 3.68. The fourth-order valence-corrected chi connectivity index (χ4v) is 1.76. The molecule has 0 saturated carbocycles. The second-order valence-corrected chi connectivity index (χ2v) is 5.65. The van der Waals surface area contributed by atoms with Gasteiger partial charge in [0.1, 0.15) is 12.7 Å². The Morgan fingerprint density at radius 3 is 2.72 bits per heavy atom. The van der Waals surface area contributed by atoms with Crippen molar-refractivity contribution >= 4 is 11.6 Å². The molecule has 0 atom stereocenters. The standard InChI is InChI=1S/C13H17ClN4/c1-13(2,3)16-7-10-4-5-11(14)6-12(10)18-9-15-8-17-18/h4-6,8-9,16H,7H2,1-3H3. The smallest absolute Gasteiger partial charge is 0.138 e. The van der Waals surface area contributed by atoms with Crippen LogP contribution in [0.4, 0.5) is 0 Å². The molecule has 0 amide bonds. The fraction of sp³-hybridized carbons (Fsp3) is 0.385. The lowest BCUT2D eigenvalue weighted by atomic mass is 10.1. The largest absolute Gasteiger partial charge is 0.308 e. The average Bonchev–Trinajstić information content (AvgIpc) is 2.79. The summed E-state index contributed by atoms with van der Waals surface area (Å²) in [5, 5.41) is 8.30. The van der Waals surface area contributed by atoms with E-state index in [1.54, 1.807) is 11.0 Å². The summed E-state index contributed by atoms with van der Waals surface area (Å²) >= 11 is 6.04. The Balaban J connectivity index is 2.30. The minimum absolute atomic E-state index is 0.0687. The van der Waals surface area contributed by atoms with Crippen LogP contribution in [0.3, 0.4) is 0 Å². The maximum atomic E-state index is 6.04. The zero-order valence-corrected chi connectivity index (χ0v) is 11.6. The van der Waals surface area contributed by atoms with Gasteiger partial charge < -0.3 is 5.32 Å². The molecule has 1 N–H and O–H groups in total. The highest BCUT2D eigenvalue weighted by molar-refractivity contribution is 6.30. The van der Waals surface area contributed by atoms with E-state index in [9.17, 15) is 0 Å². The summed E-state index contributed by atoms with van der Waals surface area (Å²) in [5.74, 6) is 0. The van der Waals surface area contributed by atoms with Crippen molar-refractivity contribution in [3.05, 3.63) is 41.4 Å². The number of hydrogen-bond acceptors (Lipinski definition) is 3. The molecule has 2 aromatic rings. The fourth-order valence-electron chi connectivity index (χ4n) is 1.59. The van der Waals surface area contributed by atoms with Crippen LogP contribution in [0.1, 0.15) is 26.3 Å². The predicted molar refractivity (Wildman–Crippen MR) is 73.0 cm³/mol. The van der Waals surface area contributed by atoms with Crippen LogP contribution in [0.15, 0.2) is 30.9 Å². The van der Waals surface area contributed by atoms with E-state index >= 15 is 0 Å². The number of aromatic nitrogens is 3. The molecule has 96 valence electrons. The van der Waals surface area contributed by atoms with Gasteiger partial charge in [-0.15, -0.1) is 0 Å². The van der Waals surface area contributed by atoms with Crippen molar-refractivity contribution < 1.29 is 0 Å². The molecule has 2 rings (SSSR count). The Morgan fingerprint density at radius 2 is 2.11 bits per heavy atom. The van der Waals surface area contributed by atoms with Gasteiger partial charge in [0.25, 0.3) is 0 Å². The summed E-state index contributed by atoms with van der Waals surface area (Å²) in [7, 11) is 0. The summed E-state index contributed by atoms with van der Waals surface area (Å²) in [5.41, 5.74) is 2.16. The van der Waals surface area contributed by atoms with Gasteiger partial charge in [-0.3, -0.25) is 0 Å². The number of nitrogens with one attached hydrogen (secondary N) is 1. The van der Waals surface area contributed by atoms with E-state index in [4.69, 9.17) is 11.6 Å². The second kappa shape index (κ2) is 5.08. The van der Waals surface area contributed by atoms with Crippen molar-refractivity contribution in [2.45, 2.75) is 32.9 Å². The lowest BCUT2D eigenvalue weighted by Gasteiger charge is -2.21. The van der Waals surface area contributed by atoms with Crippen LogP contribution in [0, 0.1) is 0 Å². The van der Waals surface area contributed by atoms with E-state index in [1.807, 2.05) is 18.2 Å². The summed E-state index contributed by atoms with van der Waals surface area (Å²) in [6, 6.07) is 5.80. The van der Waals surface area contributed by atoms with Crippen molar-refractivity contribution in [2.24, 2.45) is 0 Å². The molecule has 0 saturated heterocycles. The Labute approximate surface area is 112 Å². The van der Waals surface area contributed by atoms with Gasteiger partial charge >= 0.3 is 0 Å². The first-order chi connectivity index (χ1) is 8.46. The zero-order chi connectivity index (χ0) is 13.2. The van der Waals surface area contributed by atoms with Gasteiger partial charge in [0, 0.05) is 17.1 Å². The van der Waals surface area contributed by atoms with Crippen molar-refractivity contribution in [3.63, 3.8) is 0 Å².